The first-order chi connectivity index (χ1) is 8.52. The highest BCUT2D eigenvalue weighted by molar-refractivity contribution is 7.71. The molecule has 0 bridgehead atoms. The normalized spacial score (nSPS) is 23.1. The van der Waals surface area contributed by atoms with Crippen molar-refractivity contribution < 1.29 is 14.3 Å². The Bertz CT molecular complexity index is 527. The van der Waals surface area contributed by atoms with Gasteiger partial charge in [0.1, 0.15) is 16.0 Å². The summed E-state index contributed by atoms with van der Waals surface area (Å²) in [6.07, 6.45) is 1.15. The summed E-state index contributed by atoms with van der Waals surface area (Å²) in [4.78, 5) is 19.0. The molecule has 0 amide bonds. The van der Waals surface area contributed by atoms with Gasteiger partial charge in [0.15, 0.2) is 0 Å². The van der Waals surface area contributed by atoms with Crippen molar-refractivity contribution in [2.24, 2.45) is 0 Å². The quantitative estimate of drug-likeness (QED) is 0.657. The second-order valence-corrected chi connectivity index (χ2v) is 4.88. The summed E-state index contributed by atoms with van der Waals surface area (Å²) >= 11 is 5.16. The Morgan fingerprint density at radius 2 is 2.33 bits per heavy atom. The Labute approximate surface area is 111 Å². The third kappa shape index (κ3) is 2.44. The van der Waals surface area contributed by atoms with Crippen LogP contribution in [-0.2, 0) is 9.47 Å². The average Bonchev–Trinajstić information content (AvgIpc) is 2.74. The number of carbonyl (C=O) groups is 1. The summed E-state index contributed by atoms with van der Waals surface area (Å²) in [5, 5.41) is 0. The van der Waals surface area contributed by atoms with E-state index in [1.165, 1.54) is 7.11 Å². The van der Waals surface area contributed by atoms with Gasteiger partial charge in [0.05, 0.1) is 19.8 Å². The van der Waals surface area contributed by atoms with Crippen LogP contribution in [0.3, 0.4) is 0 Å². The maximum Gasteiger partial charge on any atom is 0.342 e. The van der Waals surface area contributed by atoms with Crippen LogP contribution in [0.1, 0.15) is 41.1 Å². The zero-order valence-electron chi connectivity index (χ0n) is 10.6. The molecule has 2 unspecified atom stereocenters. The molecule has 2 heterocycles. The van der Waals surface area contributed by atoms with Gasteiger partial charge in [-0.25, -0.2) is 9.78 Å². The Morgan fingerprint density at radius 1 is 1.61 bits per heavy atom. The summed E-state index contributed by atoms with van der Waals surface area (Å²) < 4.78 is 10.5. The number of esters is 1. The van der Waals surface area contributed by atoms with E-state index in [1.807, 2.05) is 6.92 Å². The van der Waals surface area contributed by atoms with E-state index in [0.717, 1.165) is 12.2 Å². The molecule has 0 spiro atoms. The van der Waals surface area contributed by atoms with Gasteiger partial charge in [-0.3, -0.25) is 0 Å². The van der Waals surface area contributed by atoms with Gasteiger partial charge in [0.25, 0.3) is 0 Å². The van der Waals surface area contributed by atoms with E-state index in [2.05, 4.69) is 9.97 Å². The lowest BCUT2D eigenvalue weighted by Crippen LogP contribution is -2.12. The number of ether oxygens (including phenoxy) is 2. The summed E-state index contributed by atoms with van der Waals surface area (Å²) in [5.41, 5.74) is 1.03. The van der Waals surface area contributed by atoms with Crippen LogP contribution < -0.4 is 0 Å². The highest BCUT2D eigenvalue weighted by atomic mass is 32.1. The van der Waals surface area contributed by atoms with Crippen LogP contribution >= 0.6 is 12.2 Å². The van der Waals surface area contributed by atoms with Crippen molar-refractivity contribution in [3.63, 3.8) is 0 Å². The highest BCUT2D eigenvalue weighted by Crippen LogP contribution is 2.27. The summed E-state index contributed by atoms with van der Waals surface area (Å²) in [6.45, 7) is 4.47. The largest absolute Gasteiger partial charge is 0.465 e. The van der Waals surface area contributed by atoms with Crippen molar-refractivity contribution in [3.8, 4) is 0 Å². The second kappa shape index (κ2) is 5.16. The standard InChI is InChI=1S/C12H16N2O3S/c1-6-4-8(5-17-6)10-13-7(2)9(11(18)14-10)12(15)16-3/h6,8H,4-5H2,1-3H3,(H,13,14,18). The molecule has 2 rings (SSSR count). The number of hydrogen-bond donors (Lipinski definition) is 1. The van der Waals surface area contributed by atoms with Crippen molar-refractivity contribution in [3.05, 3.63) is 21.7 Å². The van der Waals surface area contributed by atoms with Gasteiger partial charge in [-0.15, -0.1) is 0 Å². The molecule has 1 aliphatic heterocycles. The molecular formula is C12H16N2O3S. The molecule has 6 heteroatoms. The maximum atomic E-state index is 11.6. The minimum Gasteiger partial charge on any atom is -0.465 e. The van der Waals surface area contributed by atoms with Gasteiger partial charge in [-0.1, -0.05) is 12.2 Å². The molecule has 1 aromatic rings. The lowest BCUT2D eigenvalue weighted by molar-refractivity contribution is 0.0598. The van der Waals surface area contributed by atoms with E-state index in [1.54, 1.807) is 6.92 Å². The number of aromatic amines is 1. The number of methoxy groups -OCH3 is 1. The van der Waals surface area contributed by atoms with Gasteiger partial charge < -0.3 is 14.5 Å². The Hall–Kier alpha value is -1.27. The third-order valence-electron chi connectivity index (χ3n) is 3.10. The molecule has 98 valence electrons. The summed E-state index contributed by atoms with van der Waals surface area (Å²) in [5.74, 6) is 0.547. The number of H-pyrrole nitrogens is 1. The predicted octanol–water partition coefficient (Wildman–Crippen LogP) is 2.13. The number of rotatable bonds is 2. The monoisotopic (exact) mass is 268 g/mol. The first-order valence-corrected chi connectivity index (χ1v) is 6.24. The van der Waals surface area contributed by atoms with Crippen LogP contribution in [0.4, 0.5) is 0 Å². The van der Waals surface area contributed by atoms with E-state index < -0.39 is 5.97 Å². The van der Waals surface area contributed by atoms with E-state index in [9.17, 15) is 4.79 Å². The molecule has 5 nitrogen and oxygen atoms in total. The highest BCUT2D eigenvalue weighted by Gasteiger charge is 2.26. The lowest BCUT2D eigenvalue weighted by atomic mass is 10.1. The number of hydrogen-bond acceptors (Lipinski definition) is 5. The van der Waals surface area contributed by atoms with Crippen molar-refractivity contribution in [1.82, 2.24) is 9.97 Å². The second-order valence-electron chi connectivity index (χ2n) is 4.50. The first kappa shape index (κ1) is 13.2. The van der Waals surface area contributed by atoms with Crippen molar-refractivity contribution >= 4 is 18.2 Å². The minimum absolute atomic E-state index is 0.215. The minimum atomic E-state index is -0.455. The van der Waals surface area contributed by atoms with Gasteiger partial charge in [0, 0.05) is 11.6 Å². The van der Waals surface area contributed by atoms with Crippen LogP contribution in [0.25, 0.3) is 0 Å². The first-order valence-electron chi connectivity index (χ1n) is 5.83. The van der Waals surface area contributed by atoms with Crippen LogP contribution in [0.5, 0.6) is 0 Å². The molecule has 1 saturated heterocycles. The maximum absolute atomic E-state index is 11.6. The zero-order chi connectivity index (χ0) is 13.3. The van der Waals surface area contributed by atoms with Crippen molar-refractivity contribution in [2.45, 2.75) is 32.3 Å². The van der Waals surface area contributed by atoms with E-state index >= 15 is 0 Å². The molecule has 18 heavy (non-hydrogen) atoms. The predicted molar refractivity (Wildman–Crippen MR) is 68.3 cm³/mol. The Morgan fingerprint density at radius 3 is 2.83 bits per heavy atom. The van der Waals surface area contributed by atoms with Crippen molar-refractivity contribution in [1.29, 1.82) is 0 Å². The summed E-state index contributed by atoms with van der Waals surface area (Å²) in [7, 11) is 1.33. The number of carbonyl (C=O) groups excluding carboxylic acids is 1. The molecule has 0 aliphatic carbocycles. The lowest BCUT2D eigenvalue weighted by Gasteiger charge is -2.11. The zero-order valence-corrected chi connectivity index (χ0v) is 11.5. The van der Waals surface area contributed by atoms with Crippen LogP contribution in [0.2, 0.25) is 0 Å². The molecule has 0 radical (unpaired) electrons. The van der Waals surface area contributed by atoms with Gasteiger partial charge in [-0.2, -0.15) is 0 Å². The molecule has 0 aromatic carbocycles. The van der Waals surface area contributed by atoms with E-state index in [4.69, 9.17) is 21.7 Å². The smallest absolute Gasteiger partial charge is 0.342 e. The fourth-order valence-corrected chi connectivity index (χ4v) is 2.49. The van der Waals surface area contributed by atoms with Crippen molar-refractivity contribution in [2.75, 3.05) is 13.7 Å². The fourth-order valence-electron chi connectivity index (χ4n) is 2.15. The summed E-state index contributed by atoms with van der Waals surface area (Å²) in [6, 6.07) is 0. The SMILES string of the molecule is COC(=O)c1c(C)[nH]c(C2COC(C)C2)nc1=S. The van der Waals surface area contributed by atoms with Crippen LogP contribution in [0, 0.1) is 11.6 Å². The van der Waals surface area contributed by atoms with E-state index in [-0.39, 0.29) is 16.7 Å². The molecule has 1 aliphatic rings. The number of aromatic nitrogens is 2. The van der Waals surface area contributed by atoms with Gasteiger partial charge >= 0.3 is 5.97 Å². The van der Waals surface area contributed by atoms with E-state index in [0.29, 0.717) is 17.9 Å². The fraction of sp³-hybridized carbons (Fsp3) is 0.583. The molecular weight excluding hydrogens is 252 g/mol. The van der Waals surface area contributed by atoms with Gasteiger partial charge in [-0.05, 0) is 20.3 Å². The topological polar surface area (TPSA) is 64.2 Å². The molecule has 2 atom stereocenters. The molecule has 1 N–H and O–H groups in total. The average molecular weight is 268 g/mol. The Kier molecular flexibility index (Phi) is 3.77. The number of nitrogens with zero attached hydrogens (tertiary/aromatic N) is 1. The van der Waals surface area contributed by atoms with Crippen LogP contribution in [0.15, 0.2) is 0 Å². The molecule has 0 saturated carbocycles. The van der Waals surface area contributed by atoms with Crippen LogP contribution in [-0.4, -0.2) is 35.8 Å². The molecule has 1 fully saturated rings. The third-order valence-corrected chi connectivity index (χ3v) is 3.40. The number of aryl methyl sites for hydroxylation is 1. The van der Waals surface area contributed by atoms with Gasteiger partial charge in [0.2, 0.25) is 0 Å². The Balaban J connectivity index is 2.37. The number of nitrogens with one attached hydrogen (secondary N) is 1. The molecule has 1 aromatic heterocycles.